The molecule has 0 aromatic carbocycles. The van der Waals surface area contributed by atoms with Crippen molar-refractivity contribution in [3.05, 3.63) is 23.3 Å². The van der Waals surface area contributed by atoms with Crippen molar-refractivity contribution in [3.63, 3.8) is 0 Å². The molecule has 2 atom stereocenters. The van der Waals surface area contributed by atoms with Crippen LogP contribution in [0.1, 0.15) is 53.4 Å². The molecule has 84 valence electrons. The monoisotopic (exact) mass is 204 g/mol. The van der Waals surface area contributed by atoms with E-state index in [1.807, 2.05) is 0 Å². The van der Waals surface area contributed by atoms with Crippen molar-refractivity contribution < 1.29 is 0 Å². The fourth-order valence-corrected chi connectivity index (χ4v) is 3.44. The highest BCUT2D eigenvalue weighted by Crippen LogP contribution is 2.63. The molecule has 0 aromatic heterocycles. The van der Waals surface area contributed by atoms with Crippen LogP contribution >= 0.6 is 0 Å². The summed E-state index contributed by atoms with van der Waals surface area (Å²) in [7, 11) is 0. The summed E-state index contributed by atoms with van der Waals surface area (Å²) in [4.78, 5) is 0. The molecule has 0 bridgehead atoms. The van der Waals surface area contributed by atoms with Gasteiger partial charge < -0.3 is 0 Å². The van der Waals surface area contributed by atoms with Gasteiger partial charge in [-0.15, -0.1) is 0 Å². The van der Waals surface area contributed by atoms with E-state index in [1.165, 1.54) is 25.7 Å². The number of fused-ring (bicyclic) bond motifs is 1. The van der Waals surface area contributed by atoms with Gasteiger partial charge in [-0.2, -0.15) is 0 Å². The van der Waals surface area contributed by atoms with Crippen LogP contribution in [0, 0.1) is 17.3 Å². The molecule has 0 aliphatic heterocycles. The molecule has 0 heteroatoms. The summed E-state index contributed by atoms with van der Waals surface area (Å²) >= 11 is 0. The first-order valence-electron chi connectivity index (χ1n) is 6.36. The van der Waals surface area contributed by atoms with Crippen molar-refractivity contribution in [2.45, 2.75) is 53.4 Å². The summed E-state index contributed by atoms with van der Waals surface area (Å²) < 4.78 is 0. The van der Waals surface area contributed by atoms with Crippen molar-refractivity contribution in [1.82, 2.24) is 0 Å². The fourth-order valence-electron chi connectivity index (χ4n) is 3.44. The van der Waals surface area contributed by atoms with E-state index in [0.29, 0.717) is 5.41 Å². The zero-order valence-corrected chi connectivity index (χ0v) is 10.6. The molecule has 0 nitrogen and oxygen atoms in total. The third kappa shape index (κ3) is 2.04. The van der Waals surface area contributed by atoms with Crippen LogP contribution in [0.4, 0.5) is 0 Å². The SMILES string of the molecule is CC1=CCCC=C(C)C2C(CC1)C2(C)C. The topological polar surface area (TPSA) is 0 Å². The van der Waals surface area contributed by atoms with E-state index in [9.17, 15) is 0 Å². The first kappa shape index (κ1) is 11.0. The second-order valence-electron chi connectivity index (χ2n) is 6.02. The lowest BCUT2D eigenvalue weighted by Gasteiger charge is -2.05. The predicted molar refractivity (Wildman–Crippen MR) is 66.7 cm³/mol. The number of rotatable bonds is 0. The summed E-state index contributed by atoms with van der Waals surface area (Å²) in [6.07, 6.45) is 10.1. The zero-order chi connectivity index (χ0) is 11.1. The maximum absolute atomic E-state index is 2.47. The molecular formula is C15H24. The van der Waals surface area contributed by atoms with Gasteiger partial charge in [0.2, 0.25) is 0 Å². The van der Waals surface area contributed by atoms with E-state index in [-0.39, 0.29) is 0 Å². The quantitative estimate of drug-likeness (QED) is 0.501. The molecule has 0 aromatic rings. The molecule has 0 amide bonds. The van der Waals surface area contributed by atoms with E-state index in [1.54, 1.807) is 11.1 Å². The van der Waals surface area contributed by atoms with Crippen LogP contribution < -0.4 is 0 Å². The third-order valence-corrected chi connectivity index (χ3v) is 4.52. The van der Waals surface area contributed by atoms with Gasteiger partial charge in [-0.25, -0.2) is 0 Å². The Morgan fingerprint density at radius 2 is 1.80 bits per heavy atom. The van der Waals surface area contributed by atoms with Gasteiger partial charge in [-0.05, 0) is 56.8 Å². The van der Waals surface area contributed by atoms with Gasteiger partial charge in [0, 0.05) is 0 Å². The Labute approximate surface area is 94.5 Å². The van der Waals surface area contributed by atoms with Crippen molar-refractivity contribution in [2.24, 2.45) is 17.3 Å². The average Bonchev–Trinajstić information content (AvgIpc) is 2.72. The minimum absolute atomic E-state index is 0.575. The van der Waals surface area contributed by atoms with Crippen LogP contribution in [0.5, 0.6) is 0 Å². The highest BCUT2D eigenvalue weighted by molar-refractivity contribution is 5.23. The van der Waals surface area contributed by atoms with Crippen LogP contribution in [0.25, 0.3) is 0 Å². The Hall–Kier alpha value is -0.520. The van der Waals surface area contributed by atoms with E-state index in [2.05, 4.69) is 39.8 Å². The summed E-state index contributed by atoms with van der Waals surface area (Å²) in [5, 5.41) is 0. The highest BCUT2D eigenvalue weighted by atomic mass is 14.6. The van der Waals surface area contributed by atoms with E-state index < -0.39 is 0 Å². The van der Waals surface area contributed by atoms with Gasteiger partial charge in [-0.1, -0.05) is 37.1 Å². The van der Waals surface area contributed by atoms with Gasteiger partial charge in [-0.3, -0.25) is 0 Å². The number of allylic oxidation sites excluding steroid dienone is 4. The lowest BCUT2D eigenvalue weighted by Crippen LogP contribution is -1.91. The smallest absolute Gasteiger partial charge is 0.0118 e. The maximum atomic E-state index is 2.47. The molecule has 15 heavy (non-hydrogen) atoms. The lowest BCUT2D eigenvalue weighted by molar-refractivity contribution is 0.527. The predicted octanol–water partition coefficient (Wildman–Crippen LogP) is 4.73. The highest BCUT2D eigenvalue weighted by Gasteiger charge is 2.57. The molecule has 2 rings (SSSR count). The molecule has 0 heterocycles. The Bertz CT molecular complexity index is 304. The second kappa shape index (κ2) is 3.81. The summed E-state index contributed by atoms with van der Waals surface area (Å²) in [5.41, 5.74) is 3.83. The van der Waals surface area contributed by atoms with Crippen LogP contribution in [-0.2, 0) is 0 Å². The molecule has 0 N–H and O–H groups in total. The van der Waals surface area contributed by atoms with Crippen molar-refractivity contribution in [2.75, 3.05) is 0 Å². The zero-order valence-electron chi connectivity index (χ0n) is 10.6. The van der Waals surface area contributed by atoms with Crippen LogP contribution in [-0.4, -0.2) is 0 Å². The van der Waals surface area contributed by atoms with E-state index in [0.717, 1.165) is 11.8 Å². The summed E-state index contributed by atoms with van der Waals surface area (Å²) in [6.45, 7) is 9.51. The Kier molecular flexibility index (Phi) is 2.79. The normalized spacial score (nSPS) is 34.9. The minimum atomic E-state index is 0.575. The molecule has 1 saturated carbocycles. The lowest BCUT2D eigenvalue weighted by atomic mass is 10.0. The molecule has 1 fully saturated rings. The van der Waals surface area contributed by atoms with Crippen LogP contribution in [0.3, 0.4) is 0 Å². The summed E-state index contributed by atoms with van der Waals surface area (Å²) in [5.74, 6) is 1.82. The largest absolute Gasteiger partial charge is 0.0853 e. The molecule has 2 aliphatic carbocycles. The Balaban J connectivity index is 2.14. The molecular weight excluding hydrogens is 180 g/mol. The van der Waals surface area contributed by atoms with Gasteiger partial charge in [0.05, 0.1) is 0 Å². The summed E-state index contributed by atoms with van der Waals surface area (Å²) in [6, 6.07) is 0. The molecule has 2 aliphatic rings. The molecule has 0 saturated heterocycles. The Morgan fingerprint density at radius 3 is 2.53 bits per heavy atom. The first-order chi connectivity index (χ1) is 7.03. The Morgan fingerprint density at radius 1 is 1.13 bits per heavy atom. The number of hydrogen-bond acceptors (Lipinski definition) is 0. The third-order valence-electron chi connectivity index (χ3n) is 4.52. The van der Waals surface area contributed by atoms with Crippen LogP contribution in [0.15, 0.2) is 23.3 Å². The minimum Gasteiger partial charge on any atom is -0.0853 e. The van der Waals surface area contributed by atoms with Gasteiger partial charge in [0.1, 0.15) is 0 Å². The standard InChI is InChI=1S/C15H24/c1-11-7-5-6-8-12(2)14-13(10-9-11)15(14,3)4/h7-8,13-14H,5-6,9-10H2,1-4H3. The maximum Gasteiger partial charge on any atom is -0.0118 e. The van der Waals surface area contributed by atoms with Gasteiger partial charge >= 0.3 is 0 Å². The van der Waals surface area contributed by atoms with Crippen LogP contribution in [0.2, 0.25) is 0 Å². The van der Waals surface area contributed by atoms with E-state index >= 15 is 0 Å². The molecule has 2 unspecified atom stereocenters. The molecule has 0 radical (unpaired) electrons. The second-order valence-corrected chi connectivity index (χ2v) is 6.02. The average molecular weight is 204 g/mol. The van der Waals surface area contributed by atoms with Gasteiger partial charge in [0.15, 0.2) is 0 Å². The number of hydrogen-bond donors (Lipinski definition) is 0. The van der Waals surface area contributed by atoms with Crippen molar-refractivity contribution in [1.29, 1.82) is 0 Å². The molecule has 0 spiro atoms. The van der Waals surface area contributed by atoms with Gasteiger partial charge in [0.25, 0.3) is 0 Å². The fraction of sp³-hybridized carbons (Fsp3) is 0.733. The van der Waals surface area contributed by atoms with Crippen molar-refractivity contribution >= 4 is 0 Å². The van der Waals surface area contributed by atoms with E-state index in [4.69, 9.17) is 0 Å². The van der Waals surface area contributed by atoms with Crippen molar-refractivity contribution in [3.8, 4) is 0 Å². The first-order valence-corrected chi connectivity index (χ1v) is 6.36.